The molecule has 2 aromatic carbocycles. The van der Waals surface area contributed by atoms with Crippen LogP contribution in [0.3, 0.4) is 0 Å². The first-order valence-electron chi connectivity index (χ1n) is 8.50. The molecule has 1 aliphatic rings. The van der Waals surface area contributed by atoms with E-state index in [1.807, 2.05) is 55.5 Å². The number of carbonyl (C=O) groups is 3. The van der Waals surface area contributed by atoms with Gasteiger partial charge in [0.05, 0.1) is 10.8 Å². The number of nitrogens with one attached hydrogen (secondary N) is 2. The van der Waals surface area contributed by atoms with E-state index in [1.165, 1.54) is 0 Å². The van der Waals surface area contributed by atoms with E-state index in [4.69, 9.17) is 0 Å². The number of thioether (sulfide) groups is 1. The lowest BCUT2D eigenvalue weighted by molar-refractivity contribution is -0.118. The van der Waals surface area contributed by atoms with Crippen molar-refractivity contribution in [1.82, 2.24) is 9.88 Å². The van der Waals surface area contributed by atoms with Crippen LogP contribution in [0.2, 0.25) is 0 Å². The van der Waals surface area contributed by atoms with Crippen LogP contribution in [0.1, 0.15) is 11.1 Å². The summed E-state index contributed by atoms with van der Waals surface area (Å²) >= 11 is 1.01. The Hall–Kier alpha value is -3.06. The van der Waals surface area contributed by atoms with E-state index in [0.717, 1.165) is 39.5 Å². The summed E-state index contributed by atoms with van der Waals surface area (Å²) in [6.45, 7) is 1.97. The lowest BCUT2D eigenvalue weighted by atomic mass is 10.0. The molecule has 7 heteroatoms. The average molecular weight is 379 g/mol. The van der Waals surface area contributed by atoms with Crippen molar-refractivity contribution in [3.05, 3.63) is 65.9 Å². The van der Waals surface area contributed by atoms with Gasteiger partial charge in [-0.25, -0.2) is 4.79 Å². The van der Waals surface area contributed by atoms with Gasteiger partial charge in [0.1, 0.15) is 0 Å². The number of hydrogen-bond acceptors (Lipinski definition) is 4. The molecule has 0 saturated carbocycles. The predicted molar refractivity (Wildman–Crippen MR) is 106 cm³/mol. The highest BCUT2D eigenvalue weighted by atomic mass is 32.2. The number of imide groups is 1. The van der Waals surface area contributed by atoms with Gasteiger partial charge in [0.25, 0.3) is 5.24 Å². The van der Waals surface area contributed by atoms with Crippen molar-refractivity contribution in [3.8, 4) is 0 Å². The van der Waals surface area contributed by atoms with Gasteiger partial charge in [0, 0.05) is 17.3 Å². The molecule has 136 valence electrons. The third-order valence-electron chi connectivity index (χ3n) is 4.48. The molecule has 1 atom stereocenters. The third kappa shape index (κ3) is 3.46. The topological polar surface area (TPSA) is 80.2 Å². The Kier molecular flexibility index (Phi) is 4.45. The second-order valence-electron chi connectivity index (χ2n) is 6.42. The van der Waals surface area contributed by atoms with E-state index in [9.17, 15) is 14.4 Å². The zero-order chi connectivity index (χ0) is 19.0. The number of nitrogens with zero attached hydrogens (tertiary/aromatic N) is 1. The SMILES string of the molecule is Cc1cccc(NC(=O)n2ccc3c(CC4SC(=O)NC4=O)cccc32)c1. The van der Waals surface area contributed by atoms with Crippen molar-refractivity contribution in [2.45, 2.75) is 18.6 Å². The Labute approximate surface area is 159 Å². The first kappa shape index (κ1) is 17.4. The molecule has 1 aromatic heterocycles. The molecule has 1 unspecified atom stereocenters. The molecule has 3 aromatic rings. The monoisotopic (exact) mass is 379 g/mol. The van der Waals surface area contributed by atoms with Gasteiger partial charge in [0.15, 0.2) is 0 Å². The molecular weight excluding hydrogens is 362 g/mol. The molecule has 0 aliphatic carbocycles. The van der Waals surface area contributed by atoms with E-state index in [0.29, 0.717) is 6.42 Å². The maximum Gasteiger partial charge on any atom is 0.330 e. The summed E-state index contributed by atoms with van der Waals surface area (Å²) in [6.07, 6.45) is 2.15. The summed E-state index contributed by atoms with van der Waals surface area (Å²) in [7, 11) is 0. The maximum atomic E-state index is 12.7. The highest BCUT2D eigenvalue weighted by molar-refractivity contribution is 8.15. The van der Waals surface area contributed by atoms with Gasteiger partial charge in [-0.05, 0) is 48.7 Å². The minimum atomic E-state index is -0.437. The minimum Gasteiger partial charge on any atom is -0.307 e. The molecule has 0 spiro atoms. The van der Waals surface area contributed by atoms with Crippen LogP contribution in [-0.2, 0) is 11.2 Å². The van der Waals surface area contributed by atoms with Gasteiger partial charge in [-0.3, -0.25) is 19.5 Å². The van der Waals surface area contributed by atoms with Gasteiger partial charge in [0.2, 0.25) is 5.91 Å². The van der Waals surface area contributed by atoms with Crippen LogP contribution < -0.4 is 10.6 Å². The van der Waals surface area contributed by atoms with Gasteiger partial charge in [-0.1, -0.05) is 36.0 Å². The minimum absolute atomic E-state index is 0.254. The number of hydrogen-bond donors (Lipinski definition) is 2. The van der Waals surface area contributed by atoms with E-state index in [1.54, 1.807) is 10.8 Å². The van der Waals surface area contributed by atoms with E-state index in [-0.39, 0.29) is 17.2 Å². The molecule has 2 heterocycles. The van der Waals surface area contributed by atoms with Gasteiger partial charge in [-0.2, -0.15) is 0 Å². The number of carbonyl (C=O) groups excluding carboxylic acids is 3. The Morgan fingerprint density at radius 2 is 2.00 bits per heavy atom. The van der Waals surface area contributed by atoms with Crippen molar-refractivity contribution in [3.63, 3.8) is 0 Å². The number of aryl methyl sites for hydroxylation is 1. The summed E-state index contributed by atoms with van der Waals surface area (Å²) in [6, 6.07) is 14.8. The molecule has 4 rings (SSSR count). The summed E-state index contributed by atoms with van der Waals surface area (Å²) in [5.74, 6) is -0.265. The zero-order valence-corrected chi connectivity index (χ0v) is 15.4. The van der Waals surface area contributed by atoms with Crippen LogP contribution in [0.4, 0.5) is 15.3 Å². The molecule has 1 fully saturated rings. The Morgan fingerprint density at radius 3 is 2.74 bits per heavy atom. The molecule has 1 saturated heterocycles. The number of benzene rings is 2. The molecule has 0 bridgehead atoms. The first-order valence-corrected chi connectivity index (χ1v) is 9.38. The predicted octanol–water partition coefficient (Wildman–Crippen LogP) is 3.92. The second kappa shape index (κ2) is 6.92. The number of anilines is 1. The highest BCUT2D eigenvalue weighted by Crippen LogP contribution is 2.27. The highest BCUT2D eigenvalue weighted by Gasteiger charge is 2.32. The lowest BCUT2D eigenvalue weighted by Gasteiger charge is -2.10. The van der Waals surface area contributed by atoms with Gasteiger partial charge < -0.3 is 5.32 Å². The largest absolute Gasteiger partial charge is 0.330 e. The van der Waals surface area contributed by atoms with Crippen LogP contribution in [0.25, 0.3) is 10.9 Å². The smallest absolute Gasteiger partial charge is 0.307 e. The normalized spacial score (nSPS) is 16.6. The Morgan fingerprint density at radius 1 is 1.19 bits per heavy atom. The van der Waals surface area contributed by atoms with Crippen LogP contribution in [0, 0.1) is 6.92 Å². The van der Waals surface area contributed by atoms with Crippen molar-refractivity contribution in [1.29, 1.82) is 0 Å². The van der Waals surface area contributed by atoms with Crippen molar-refractivity contribution in [2.24, 2.45) is 0 Å². The molecule has 0 radical (unpaired) electrons. The number of amides is 3. The molecule has 2 N–H and O–H groups in total. The van der Waals surface area contributed by atoms with Crippen LogP contribution in [-0.4, -0.2) is 27.0 Å². The van der Waals surface area contributed by atoms with Crippen LogP contribution in [0.15, 0.2) is 54.7 Å². The molecule has 1 aliphatic heterocycles. The van der Waals surface area contributed by atoms with Crippen LogP contribution >= 0.6 is 11.8 Å². The lowest BCUT2D eigenvalue weighted by Crippen LogP contribution is -2.25. The van der Waals surface area contributed by atoms with Gasteiger partial charge in [-0.15, -0.1) is 0 Å². The number of aromatic nitrogens is 1. The third-order valence-corrected chi connectivity index (χ3v) is 5.47. The quantitative estimate of drug-likeness (QED) is 0.723. The Balaban J connectivity index is 1.61. The summed E-state index contributed by atoms with van der Waals surface area (Å²) in [5, 5.41) is 5.34. The summed E-state index contributed by atoms with van der Waals surface area (Å²) in [4.78, 5) is 35.9. The average Bonchev–Trinajstić information content (AvgIpc) is 3.19. The number of fused-ring (bicyclic) bond motifs is 1. The van der Waals surface area contributed by atoms with Crippen LogP contribution in [0.5, 0.6) is 0 Å². The standard InChI is InChI=1S/C20H17N3O3S/c1-12-4-2-6-14(10-12)21-19(25)23-9-8-15-13(5-3-7-16(15)23)11-17-18(24)22-20(26)27-17/h2-10,17H,11H2,1H3,(H,21,25)(H,22,24,26). The Bertz CT molecular complexity index is 1070. The van der Waals surface area contributed by atoms with E-state index < -0.39 is 5.25 Å². The number of rotatable bonds is 3. The fourth-order valence-electron chi connectivity index (χ4n) is 3.22. The molecule has 27 heavy (non-hydrogen) atoms. The van der Waals surface area contributed by atoms with E-state index >= 15 is 0 Å². The van der Waals surface area contributed by atoms with Crippen molar-refractivity contribution in [2.75, 3.05) is 5.32 Å². The fraction of sp³-hybridized carbons (Fsp3) is 0.150. The molecule has 3 amide bonds. The van der Waals surface area contributed by atoms with Gasteiger partial charge >= 0.3 is 6.03 Å². The summed E-state index contributed by atoms with van der Waals surface area (Å²) in [5.41, 5.74) is 3.48. The maximum absolute atomic E-state index is 12.7. The van der Waals surface area contributed by atoms with Crippen molar-refractivity contribution < 1.29 is 14.4 Å². The fourth-order valence-corrected chi connectivity index (χ4v) is 4.07. The first-order chi connectivity index (χ1) is 13.0. The molecule has 6 nitrogen and oxygen atoms in total. The van der Waals surface area contributed by atoms with Crippen molar-refractivity contribution >= 4 is 45.5 Å². The second-order valence-corrected chi connectivity index (χ2v) is 7.60. The summed E-state index contributed by atoms with van der Waals surface area (Å²) < 4.78 is 1.55. The van der Waals surface area contributed by atoms with E-state index in [2.05, 4.69) is 10.6 Å². The zero-order valence-electron chi connectivity index (χ0n) is 14.6. The molecular formula is C20H17N3O3S.